The SMILES string of the molecule is [2H]C(C)(C)c1cc(-c2ccccc2)cc(C([2H])(C)C)c1-n1ccn(C)c1=[N+]1[C-]=C(c2ccccc2)c2cccc(C)c21. The normalized spacial score (nSPS) is 15.4. The summed E-state index contributed by atoms with van der Waals surface area (Å²) < 4.78 is 25.0. The van der Waals surface area contributed by atoms with E-state index in [1.807, 2.05) is 65.2 Å². The van der Waals surface area contributed by atoms with Crippen LogP contribution in [0.4, 0.5) is 5.69 Å². The molecule has 0 fully saturated rings. The minimum absolute atomic E-state index is 0.869. The number of benzene rings is 4. The summed E-state index contributed by atoms with van der Waals surface area (Å²) in [6, 6.07) is 31.3. The van der Waals surface area contributed by atoms with Gasteiger partial charge in [-0.05, 0) is 53.1 Å². The van der Waals surface area contributed by atoms with Gasteiger partial charge in [-0.1, -0.05) is 129 Å². The first kappa shape index (κ1) is 23.5. The van der Waals surface area contributed by atoms with Crippen LogP contribution in [0.3, 0.4) is 0 Å². The van der Waals surface area contributed by atoms with Gasteiger partial charge in [0.1, 0.15) is 5.69 Å². The van der Waals surface area contributed by atoms with Gasteiger partial charge >= 0.3 is 5.62 Å². The van der Waals surface area contributed by atoms with Gasteiger partial charge < -0.3 is 4.58 Å². The highest BCUT2D eigenvalue weighted by atomic mass is 15.2. The molecule has 0 N–H and O–H groups in total. The van der Waals surface area contributed by atoms with Crippen LogP contribution in [0.2, 0.25) is 0 Å². The first-order chi connectivity index (χ1) is 19.9. The van der Waals surface area contributed by atoms with Gasteiger partial charge in [0.05, 0.1) is 19.4 Å². The quantitative estimate of drug-likeness (QED) is 0.162. The lowest BCUT2D eigenvalue weighted by molar-refractivity contribution is 0.696. The number of rotatable bonds is 5. The molecule has 1 aliphatic heterocycles. The van der Waals surface area contributed by atoms with E-state index >= 15 is 0 Å². The summed E-state index contributed by atoms with van der Waals surface area (Å²) in [4.78, 5) is 0. The number of imidazole rings is 1. The molecule has 4 aromatic carbocycles. The van der Waals surface area contributed by atoms with Crippen molar-refractivity contribution in [2.24, 2.45) is 7.05 Å². The number of aromatic nitrogens is 2. The molecule has 0 amide bonds. The van der Waals surface area contributed by atoms with Crippen molar-refractivity contribution in [3.63, 3.8) is 0 Å². The standard InChI is InChI=1S/C37H37N3/c1-25(2)32-22-30(28-15-9-7-10-16-28)23-33(26(3)4)36(32)39-21-20-38(6)37(39)40-24-34(29-17-11-8-12-18-29)31-19-13-14-27(5)35(31)40/h7-23,25-26H,1-6H3/i25D,26D. The Kier molecular flexibility index (Phi) is 6.06. The lowest BCUT2D eigenvalue weighted by Crippen LogP contribution is -2.35. The molecular weight excluding hydrogens is 486 g/mol. The van der Waals surface area contributed by atoms with Gasteiger partial charge in [0.2, 0.25) is 0 Å². The van der Waals surface area contributed by atoms with Crippen LogP contribution < -0.4 is 10.2 Å². The zero-order valence-corrected chi connectivity index (χ0v) is 24.2. The average Bonchev–Trinajstić information content (AvgIpc) is 3.53. The van der Waals surface area contributed by atoms with Crippen LogP contribution in [0.25, 0.3) is 22.4 Å². The van der Waals surface area contributed by atoms with E-state index in [2.05, 4.69) is 99.8 Å². The summed E-state index contributed by atoms with van der Waals surface area (Å²) in [5.74, 6) is -1.85. The van der Waals surface area contributed by atoms with E-state index in [-0.39, 0.29) is 0 Å². The molecule has 0 saturated heterocycles. The molecule has 0 radical (unpaired) electrons. The predicted molar refractivity (Wildman–Crippen MR) is 167 cm³/mol. The van der Waals surface area contributed by atoms with E-state index in [9.17, 15) is 2.74 Å². The number of para-hydroxylation sites is 1. The molecule has 3 heteroatoms. The van der Waals surface area contributed by atoms with E-state index in [1.165, 1.54) is 0 Å². The van der Waals surface area contributed by atoms with Crippen molar-refractivity contribution in [3.8, 4) is 16.8 Å². The van der Waals surface area contributed by atoms with E-state index < -0.39 is 11.8 Å². The molecule has 2 heterocycles. The Hall–Kier alpha value is -4.37. The Morgan fingerprint density at radius 2 is 1.32 bits per heavy atom. The Labute approximate surface area is 240 Å². The van der Waals surface area contributed by atoms with E-state index in [0.717, 1.165) is 61.5 Å². The molecule has 0 saturated carbocycles. The maximum atomic E-state index is 9.29. The molecule has 200 valence electrons. The topological polar surface area (TPSA) is 12.9 Å². The third-order valence-electron chi connectivity index (χ3n) is 7.72. The van der Waals surface area contributed by atoms with Crippen LogP contribution in [-0.2, 0) is 7.05 Å². The van der Waals surface area contributed by atoms with Crippen molar-refractivity contribution in [1.82, 2.24) is 13.7 Å². The summed E-state index contributed by atoms with van der Waals surface area (Å²) in [5, 5.41) is 0. The molecule has 0 spiro atoms. The van der Waals surface area contributed by atoms with Gasteiger partial charge in [-0.2, -0.15) is 0 Å². The van der Waals surface area contributed by atoms with Gasteiger partial charge in [-0.15, -0.1) is 0 Å². The molecule has 6 rings (SSSR count). The van der Waals surface area contributed by atoms with Gasteiger partial charge in [0, 0.05) is 14.6 Å². The Morgan fingerprint density at radius 3 is 1.93 bits per heavy atom. The van der Waals surface area contributed by atoms with Gasteiger partial charge in [-0.25, -0.2) is 4.57 Å². The highest BCUT2D eigenvalue weighted by Gasteiger charge is 2.25. The van der Waals surface area contributed by atoms with Gasteiger partial charge in [0.15, 0.2) is 0 Å². The minimum atomic E-state index is -0.923. The number of hydrogen-bond donors (Lipinski definition) is 0. The molecule has 0 aliphatic carbocycles. The van der Waals surface area contributed by atoms with Crippen molar-refractivity contribution in [2.45, 2.75) is 46.4 Å². The van der Waals surface area contributed by atoms with E-state index in [1.54, 1.807) is 0 Å². The highest BCUT2D eigenvalue weighted by Crippen LogP contribution is 2.38. The molecule has 1 aliphatic rings. The Bertz CT molecular complexity index is 1860. The van der Waals surface area contributed by atoms with Crippen LogP contribution in [-0.4, -0.2) is 9.13 Å². The lowest BCUT2D eigenvalue weighted by Gasteiger charge is -2.21. The molecule has 3 nitrogen and oxygen atoms in total. The smallest absolute Gasteiger partial charge is 0.303 e. The van der Waals surface area contributed by atoms with E-state index in [0.29, 0.717) is 0 Å². The van der Waals surface area contributed by atoms with Crippen molar-refractivity contribution in [2.75, 3.05) is 0 Å². The number of nitrogens with zero attached hydrogens (tertiary/aromatic N) is 3. The zero-order chi connectivity index (χ0) is 29.8. The Morgan fingerprint density at radius 1 is 0.725 bits per heavy atom. The summed E-state index contributed by atoms with van der Waals surface area (Å²) in [6.45, 7) is 9.86. The van der Waals surface area contributed by atoms with Crippen LogP contribution in [0.15, 0.2) is 103 Å². The minimum Gasteiger partial charge on any atom is -0.303 e. The highest BCUT2D eigenvalue weighted by molar-refractivity contribution is 5.88. The molecule has 5 aromatic rings. The molecule has 0 unspecified atom stereocenters. The molecular formula is C37H37N3. The van der Waals surface area contributed by atoms with Crippen molar-refractivity contribution in [1.29, 1.82) is 0 Å². The van der Waals surface area contributed by atoms with Gasteiger partial charge in [-0.3, -0.25) is 4.57 Å². The molecule has 0 atom stereocenters. The van der Waals surface area contributed by atoms with Crippen molar-refractivity contribution >= 4 is 11.3 Å². The molecule has 40 heavy (non-hydrogen) atoms. The van der Waals surface area contributed by atoms with Gasteiger partial charge in [0.25, 0.3) is 0 Å². The first-order valence-electron chi connectivity index (χ1n) is 14.9. The zero-order valence-electron chi connectivity index (χ0n) is 26.2. The van der Waals surface area contributed by atoms with Crippen molar-refractivity contribution in [3.05, 3.63) is 143 Å². The molecule has 0 bridgehead atoms. The average molecular weight is 526 g/mol. The second kappa shape index (κ2) is 10.3. The number of fused-ring (bicyclic) bond motifs is 1. The second-order valence-electron chi connectivity index (χ2n) is 11.0. The monoisotopic (exact) mass is 525 g/mol. The van der Waals surface area contributed by atoms with Crippen LogP contribution in [0.1, 0.15) is 70.0 Å². The fourth-order valence-electron chi connectivity index (χ4n) is 5.72. The maximum Gasteiger partial charge on any atom is 0.309 e. The lowest BCUT2D eigenvalue weighted by atomic mass is 9.88. The van der Waals surface area contributed by atoms with Crippen LogP contribution >= 0.6 is 0 Å². The summed E-state index contributed by atoms with van der Waals surface area (Å²) in [5.41, 5.74) is 11.1. The fraction of sp³-hybridized carbons (Fsp3) is 0.216. The summed E-state index contributed by atoms with van der Waals surface area (Å²) in [6.07, 6.45) is 7.83. The first-order valence-corrected chi connectivity index (χ1v) is 13.9. The summed E-state index contributed by atoms with van der Waals surface area (Å²) in [7, 11) is 2.04. The largest absolute Gasteiger partial charge is 0.309 e. The van der Waals surface area contributed by atoms with E-state index in [4.69, 9.17) is 0 Å². The van der Waals surface area contributed by atoms with Crippen LogP contribution in [0, 0.1) is 13.1 Å². The van der Waals surface area contributed by atoms with Crippen molar-refractivity contribution < 1.29 is 2.74 Å². The maximum absolute atomic E-state index is 9.29. The fourth-order valence-corrected chi connectivity index (χ4v) is 5.72. The number of aryl methyl sites for hydroxylation is 2. The third kappa shape index (κ3) is 4.36. The Balaban J connectivity index is 1.74. The summed E-state index contributed by atoms with van der Waals surface area (Å²) >= 11 is 0. The number of hydrogen-bond acceptors (Lipinski definition) is 0. The second-order valence-corrected chi connectivity index (χ2v) is 11.0. The molecule has 1 aromatic heterocycles. The third-order valence-corrected chi connectivity index (χ3v) is 7.72. The van der Waals surface area contributed by atoms with Crippen LogP contribution in [0.5, 0.6) is 0 Å². The predicted octanol–water partition coefficient (Wildman–Crippen LogP) is 8.35.